The normalized spacial score (nSPS) is 18.0. The number of benzene rings is 1. The molecule has 0 saturated heterocycles. The van der Waals surface area contributed by atoms with E-state index in [-0.39, 0.29) is 11.9 Å². The molecule has 4 heteroatoms. The first-order valence-corrected chi connectivity index (χ1v) is 9.50. The maximum absolute atomic E-state index is 12.3. The fraction of sp³-hybridized carbons (Fsp3) is 0.500. The van der Waals surface area contributed by atoms with Gasteiger partial charge in [0.15, 0.2) is 0 Å². The van der Waals surface area contributed by atoms with E-state index in [0.717, 1.165) is 37.1 Å². The van der Waals surface area contributed by atoms with Crippen LogP contribution in [0.3, 0.4) is 0 Å². The van der Waals surface area contributed by atoms with Gasteiger partial charge in [0.25, 0.3) is 0 Å². The Kier molecular flexibility index (Phi) is 7.92. The second-order valence-corrected chi connectivity index (χ2v) is 7.09. The van der Waals surface area contributed by atoms with Gasteiger partial charge in [-0.05, 0) is 56.2 Å². The van der Waals surface area contributed by atoms with Gasteiger partial charge in [-0.2, -0.15) is 0 Å². The van der Waals surface area contributed by atoms with Crippen molar-refractivity contribution in [3.05, 3.63) is 53.6 Å². The van der Waals surface area contributed by atoms with Crippen molar-refractivity contribution in [3.63, 3.8) is 0 Å². The van der Waals surface area contributed by atoms with Crippen molar-refractivity contribution < 1.29 is 9.53 Å². The molecule has 0 radical (unpaired) electrons. The second kappa shape index (κ2) is 10.2. The molecular formula is C22H32N2O2. The van der Waals surface area contributed by atoms with E-state index in [2.05, 4.69) is 37.1 Å². The van der Waals surface area contributed by atoms with Crippen LogP contribution in [-0.2, 0) is 4.79 Å². The summed E-state index contributed by atoms with van der Waals surface area (Å²) < 4.78 is 5.19. The van der Waals surface area contributed by atoms with Crippen molar-refractivity contribution in [1.29, 1.82) is 0 Å². The van der Waals surface area contributed by atoms with Crippen molar-refractivity contribution >= 4 is 5.91 Å². The zero-order chi connectivity index (χ0) is 18.9. The topological polar surface area (TPSA) is 50.4 Å². The van der Waals surface area contributed by atoms with Crippen molar-refractivity contribution in [3.8, 4) is 5.75 Å². The summed E-state index contributed by atoms with van der Waals surface area (Å²) in [5.74, 6) is 1.48. The Balaban J connectivity index is 1.76. The average Bonchev–Trinajstić information content (AvgIpc) is 2.66. The van der Waals surface area contributed by atoms with Crippen molar-refractivity contribution in [1.82, 2.24) is 10.6 Å². The van der Waals surface area contributed by atoms with Crippen LogP contribution in [0.15, 0.2) is 48.1 Å². The monoisotopic (exact) mass is 356 g/mol. The van der Waals surface area contributed by atoms with E-state index in [1.165, 1.54) is 17.6 Å². The summed E-state index contributed by atoms with van der Waals surface area (Å²) in [5, 5.41) is 6.38. The molecular weight excluding hydrogens is 324 g/mol. The van der Waals surface area contributed by atoms with E-state index in [1.54, 1.807) is 7.11 Å². The first kappa shape index (κ1) is 20.2. The third-order valence-corrected chi connectivity index (χ3v) is 5.10. The zero-order valence-corrected chi connectivity index (χ0v) is 16.3. The molecule has 2 N–H and O–H groups in total. The number of carbonyl (C=O) groups is 1. The highest BCUT2D eigenvalue weighted by atomic mass is 16.5. The fourth-order valence-electron chi connectivity index (χ4n) is 3.34. The van der Waals surface area contributed by atoms with E-state index >= 15 is 0 Å². The standard InChI is InChI=1S/C22H32N2O2/c1-5-21(19-10-12-20(26-4)13-11-19)24-22(25)15-23-14-17-6-8-18(9-7-17)16(2)3/h6,10-13,18,21,23H,2,5,7-9,14-15H2,1,3-4H3,(H,24,25). The van der Waals surface area contributed by atoms with E-state index < -0.39 is 0 Å². The minimum Gasteiger partial charge on any atom is -0.497 e. The van der Waals surface area contributed by atoms with Crippen LogP contribution >= 0.6 is 0 Å². The van der Waals surface area contributed by atoms with E-state index in [0.29, 0.717) is 12.5 Å². The summed E-state index contributed by atoms with van der Waals surface area (Å²) >= 11 is 0. The maximum Gasteiger partial charge on any atom is 0.234 e. The van der Waals surface area contributed by atoms with Crippen LogP contribution in [0.25, 0.3) is 0 Å². The molecule has 1 aromatic rings. The molecule has 0 fully saturated rings. The molecule has 0 spiro atoms. The number of rotatable bonds is 9. The fourth-order valence-corrected chi connectivity index (χ4v) is 3.34. The van der Waals surface area contributed by atoms with Gasteiger partial charge in [0, 0.05) is 6.54 Å². The molecule has 26 heavy (non-hydrogen) atoms. The largest absolute Gasteiger partial charge is 0.497 e. The molecule has 0 saturated carbocycles. The van der Waals surface area contributed by atoms with E-state index in [1.807, 2.05) is 24.3 Å². The number of allylic oxidation sites excluding steroid dienone is 2. The molecule has 0 aliphatic heterocycles. The van der Waals surface area contributed by atoms with Crippen LogP contribution in [0.4, 0.5) is 0 Å². The second-order valence-electron chi connectivity index (χ2n) is 7.09. The Hall–Kier alpha value is -2.07. The number of hydrogen-bond donors (Lipinski definition) is 2. The lowest BCUT2D eigenvalue weighted by atomic mass is 9.85. The van der Waals surface area contributed by atoms with Gasteiger partial charge < -0.3 is 15.4 Å². The Morgan fingerprint density at radius 3 is 2.62 bits per heavy atom. The summed E-state index contributed by atoms with van der Waals surface area (Å²) in [7, 11) is 1.65. The van der Waals surface area contributed by atoms with Crippen molar-refractivity contribution in [2.24, 2.45) is 5.92 Å². The van der Waals surface area contributed by atoms with Gasteiger partial charge in [0.2, 0.25) is 5.91 Å². The molecule has 1 aliphatic carbocycles. The van der Waals surface area contributed by atoms with Gasteiger partial charge >= 0.3 is 0 Å². The predicted molar refractivity (Wildman–Crippen MR) is 107 cm³/mol. The van der Waals surface area contributed by atoms with Crippen LogP contribution in [0.5, 0.6) is 5.75 Å². The van der Waals surface area contributed by atoms with Gasteiger partial charge in [-0.15, -0.1) is 0 Å². The molecule has 4 nitrogen and oxygen atoms in total. The lowest BCUT2D eigenvalue weighted by molar-refractivity contribution is -0.121. The minimum atomic E-state index is 0.0282. The highest BCUT2D eigenvalue weighted by molar-refractivity contribution is 5.78. The quantitative estimate of drug-likeness (QED) is 0.653. The van der Waals surface area contributed by atoms with Crippen LogP contribution in [0, 0.1) is 5.92 Å². The molecule has 142 valence electrons. The van der Waals surface area contributed by atoms with Gasteiger partial charge in [0.05, 0.1) is 19.7 Å². The SMILES string of the molecule is C=C(C)C1CC=C(CNCC(=O)NC(CC)c2ccc(OC)cc2)CC1. The molecule has 1 amide bonds. The lowest BCUT2D eigenvalue weighted by Gasteiger charge is -2.22. The molecule has 1 aromatic carbocycles. The highest BCUT2D eigenvalue weighted by Crippen LogP contribution is 2.27. The maximum atomic E-state index is 12.3. The Labute approximate surface area is 157 Å². The van der Waals surface area contributed by atoms with E-state index in [9.17, 15) is 4.79 Å². The number of carbonyl (C=O) groups excluding carboxylic acids is 1. The summed E-state index contributed by atoms with van der Waals surface area (Å²) in [6, 6.07) is 7.89. The van der Waals surface area contributed by atoms with Gasteiger partial charge in [0.1, 0.15) is 5.75 Å². The van der Waals surface area contributed by atoms with Crippen LogP contribution in [0.2, 0.25) is 0 Å². The van der Waals surface area contributed by atoms with Crippen molar-refractivity contribution in [2.45, 2.75) is 45.6 Å². The number of amides is 1. The first-order chi connectivity index (χ1) is 12.5. The molecule has 2 atom stereocenters. The Morgan fingerprint density at radius 1 is 1.35 bits per heavy atom. The van der Waals surface area contributed by atoms with Crippen LogP contribution in [-0.4, -0.2) is 26.1 Å². The zero-order valence-electron chi connectivity index (χ0n) is 16.3. The summed E-state index contributed by atoms with van der Waals surface area (Å²) in [5.41, 5.74) is 3.77. The molecule has 0 aromatic heterocycles. The van der Waals surface area contributed by atoms with Crippen LogP contribution in [0.1, 0.15) is 51.1 Å². The molecule has 1 aliphatic rings. The Bertz CT molecular complexity index is 634. The molecule has 0 bridgehead atoms. The van der Waals surface area contributed by atoms with Crippen molar-refractivity contribution in [2.75, 3.05) is 20.2 Å². The molecule has 2 rings (SSSR count). The lowest BCUT2D eigenvalue weighted by Crippen LogP contribution is -2.37. The third kappa shape index (κ3) is 6.03. The summed E-state index contributed by atoms with van der Waals surface area (Å²) in [6.07, 6.45) is 6.50. The first-order valence-electron chi connectivity index (χ1n) is 9.50. The number of hydrogen-bond acceptors (Lipinski definition) is 3. The van der Waals surface area contributed by atoms with Gasteiger partial charge in [-0.3, -0.25) is 4.79 Å². The van der Waals surface area contributed by atoms with Gasteiger partial charge in [-0.1, -0.05) is 42.9 Å². The average molecular weight is 357 g/mol. The Morgan fingerprint density at radius 2 is 2.08 bits per heavy atom. The molecule has 2 unspecified atom stereocenters. The molecule has 0 heterocycles. The van der Waals surface area contributed by atoms with Crippen LogP contribution < -0.4 is 15.4 Å². The highest BCUT2D eigenvalue weighted by Gasteiger charge is 2.16. The summed E-state index contributed by atoms with van der Waals surface area (Å²) in [6.45, 7) is 9.37. The van der Waals surface area contributed by atoms with E-state index in [4.69, 9.17) is 4.74 Å². The smallest absolute Gasteiger partial charge is 0.234 e. The van der Waals surface area contributed by atoms with Gasteiger partial charge in [-0.25, -0.2) is 0 Å². The minimum absolute atomic E-state index is 0.0282. The number of nitrogens with one attached hydrogen (secondary N) is 2. The summed E-state index contributed by atoms with van der Waals surface area (Å²) in [4.78, 5) is 12.3. The predicted octanol–water partition coefficient (Wildman–Crippen LogP) is 4.15. The third-order valence-electron chi connectivity index (χ3n) is 5.10. The number of methoxy groups -OCH3 is 1. The number of ether oxygens (including phenoxy) is 1.